The summed E-state index contributed by atoms with van der Waals surface area (Å²) in [5.41, 5.74) is 1.72. The van der Waals surface area contributed by atoms with E-state index in [1.165, 1.54) is 4.88 Å². The normalized spacial score (nSPS) is 11.9. The van der Waals surface area contributed by atoms with Gasteiger partial charge in [0.2, 0.25) is 5.91 Å². The monoisotopic (exact) mass is 319 g/mol. The van der Waals surface area contributed by atoms with E-state index in [1.54, 1.807) is 11.3 Å². The molecule has 0 bridgehead atoms. The van der Waals surface area contributed by atoms with Crippen LogP contribution >= 0.6 is 27.3 Å². The molecule has 96 valence electrons. The number of nitrogens with one attached hydrogen (secondary N) is 1. The van der Waals surface area contributed by atoms with E-state index >= 15 is 0 Å². The van der Waals surface area contributed by atoms with Crippen molar-refractivity contribution in [2.75, 3.05) is 13.6 Å². The Morgan fingerprint density at radius 1 is 1.65 bits per heavy atom. The zero-order valence-corrected chi connectivity index (χ0v) is 12.7. The number of hydrogen-bond acceptors (Lipinski definition) is 4. The standard InChI is InChI=1S/C11H18BrN3OS/c1-11(2,10(16)14-13)7-15(3)5-9-4-8(12)6-17-9/h4,6H,5,7,13H2,1-3H3,(H,14,16). The molecular weight excluding hydrogens is 302 g/mol. The lowest BCUT2D eigenvalue weighted by molar-refractivity contribution is -0.130. The predicted octanol–water partition coefficient (Wildman–Crippen LogP) is 1.96. The molecule has 0 saturated heterocycles. The molecule has 0 radical (unpaired) electrons. The summed E-state index contributed by atoms with van der Waals surface area (Å²) >= 11 is 5.13. The molecule has 0 saturated carbocycles. The second kappa shape index (κ2) is 5.95. The lowest BCUT2D eigenvalue weighted by Crippen LogP contribution is -2.46. The van der Waals surface area contributed by atoms with E-state index < -0.39 is 5.41 Å². The summed E-state index contributed by atoms with van der Waals surface area (Å²) in [4.78, 5) is 14.9. The molecule has 1 rings (SSSR count). The average molecular weight is 320 g/mol. The second-order valence-electron chi connectivity index (χ2n) is 4.76. The highest BCUT2D eigenvalue weighted by atomic mass is 79.9. The van der Waals surface area contributed by atoms with Crippen molar-refractivity contribution < 1.29 is 4.79 Å². The molecule has 1 heterocycles. The molecule has 0 aliphatic rings. The smallest absolute Gasteiger partial charge is 0.240 e. The van der Waals surface area contributed by atoms with Gasteiger partial charge >= 0.3 is 0 Å². The molecule has 17 heavy (non-hydrogen) atoms. The molecule has 0 unspecified atom stereocenters. The first-order valence-corrected chi connectivity index (χ1v) is 6.95. The molecule has 0 aliphatic heterocycles. The van der Waals surface area contributed by atoms with Crippen molar-refractivity contribution in [2.45, 2.75) is 20.4 Å². The largest absolute Gasteiger partial charge is 0.300 e. The minimum atomic E-state index is -0.488. The summed E-state index contributed by atoms with van der Waals surface area (Å²) in [5, 5.41) is 2.06. The third-order valence-electron chi connectivity index (χ3n) is 2.46. The average Bonchev–Trinajstić information content (AvgIpc) is 2.61. The summed E-state index contributed by atoms with van der Waals surface area (Å²) in [6, 6.07) is 2.09. The quantitative estimate of drug-likeness (QED) is 0.495. The molecule has 0 atom stereocenters. The highest BCUT2D eigenvalue weighted by molar-refractivity contribution is 9.10. The van der Waals surface area contributed by atoms with Crippen LogP contribution in [0.5, 0.6) is 0 Å². The van der Waals surface area contributed by atoms with E-state index in [2.05, 4.69) is 37.7 Å². The summed E-state index contributed by atoms with van der Waals surface area (Å²) in [7, 11) is 2.00. The molecule has 6 heteroatoms. The van der Waals surface area contributed by atoms with Gasteiger partial charge in [0, 0.05) is 27.8 Å². The second-order valence-corrected chi connectivity index (χ2v) is 6.67. The number of amides is 1. The topological polar surface area (TPSA) is 58.4 Å². The molecular formula is C11H18BrN3OS. The van der Waals surface area contributed by atoms with E-state index in [-0.39, 0.29) is 5.91 Å². The SMILES string of the molecule is CN(Cc1cc(Br)cs1)CC(C)(C)C(=O)NN. The Kier molecular flexibility index (Phi) is 5.12. The van der Waals surface area contributed by atoms with Gasteiger partial charge in [0.15, 0.2) is 0 Å². The van der Waals surface area contributed by atoms with E-state index in [0.29, 0.717) is 6.54 Å². The van der Waals surface area contributed by atoms with E-state index in [9.17, 15) is 4.79 Å². The van der Waals surface area contributed by atoms with Crippen LogP contribution in [-0.2, 0) is 11.3 Å². The number of nitrogens with zero attached hydrogens (tertiary/aromatic N) is 1. The molecule has 4 nitrogen and oxygen atoms in total. The molecule has 1 aromatic rings. The van der Waals surface area contributed by atoms with Gasteiger partial charge in [0.05, 0.1) is 5.41 Å². The lowest BCUT2D eigenvalue weighted by Gasteiger charge is -2.28. The zero-order valence-electron chi connectivity index (χ0n) is 10.3. The third kappa shape index (κ3) is 4.39. The Hall–Kier alpha value is -0.430. The van der Waals surface area contributed by atoms with Gasteiger partial charge in [-0.3, -0.25) is 10.2 Å². The minimum absolute atomic E-state index is 0.142. The van der Waals surface area contributed by atoms with Crippen molar-refractivity contribution in [2.24, 2.45) is 11.3 Å². The maximum absolute atomic E-state index is 11.6. The lowest BCUT2D eigenvalue weighted by atomic mass is 9.92. The van der Waals surface area contributed by atoms with Crippen molar-refractivity contribution >= 4 is 33.2 Å². The van der Waals surface area contributed by atoms with Crippen LogP contribution in [0.3, 0.4) is 0 Å². The van der Waals surface area contributed by atoms with Crippen LogP contribution in [0.25, 0.3) is 0 Å². The van der Waals surface area contributed by atoms with Crippen LogP contribution in [0, 0.1) is 5.41 Å². The summed E-state index contributed by atoms with van der Waals surface area (Å²) in [6.45, 7) is 5.26. The number of nitrogens with two attached hydrogens (primary N) is 1. The van der Waals surface area contributed by atoms with Crippen molar-refractivity contribution in [3.63, 3.8) is 0 Å². The number of carbonyl (C=O) groups excluding carboxylic acids is 1. The fraction of sp³-hybridized carbons (Fsp3) is 0.545. The van der Waals surface area contributed by atoms with Crippen LogP contribution in [0.2, 0.25) is 0 Å². The van der Waals surface area contributed by atoms with Crippen molar-refractivity contribution in [3.8, 4) is 0 Å². The molecule has 1 amide bonds. The van der Waals surface area contributed by atoms with Gasteiger partial charge in [-0.25, -0.2) is 5.84 Å². The molecule has 0 aromatic carbocycles. The molecule has 0 aliphatic carbocycles. The first kappa shape index (κ1) is 14.6. The fourth-order valence-corrected chi connectivity index (χ4v) is 3.23. The van der Waals surface area contributed by atoms with Gasteiger partial charge in [-0.2, -0.15) is 0 Å². The van der Waals surface area contributed by atoms with E-state index in [1.807, 2.05) is 20.9 Å². The first-order chi connectivity index (χ1) is 7.85. The summed E-state index contributed by atoms with van der Waals surface area (Å²) in [6.07, 6.45) is 0. The Morgan fingerprint density at radius 3 is 2.76 bits per heavy atom. The van der Waals surface area contributed by atoms with Crippen LogP contribution in [-0.4, -0.2) is 24.4 Å². The number of hydrazine groups is 1. The molecule has 1 aromatic heterocycles. The zero-order chi connectivity index (χ0) is 13.1. The van der Waals surface area contributed by atoms with E-state index in [0.717, 1.165) is 11.0 Å². The predicted molar refractivity (Wildman–Crippen MR) is 74.5 cm³/mol. The summed E-state index contributed by atoms with van der Waals surface area (Å²) in [5.74, 6) is 5.03. The van der Waals surface area contributed by atoms with Crippen LogP contribution in [0.4, 0.5) is 0 Å². The van der Waals surface area contributed by atoms with Crippen molar-refractivity contribution in [1.29, 1.82) is 0 Å². The Balaban J connectivity index is 2.54. The maximum atomic E-state index is 11.6. The van der Waals surface area contributed by atoms with Gasteiger partial charge in [0.25, 0.3) is 0 Å². The van der Waals surface area contributed by atoms with Crippen molar-refractivity contribution in [1.82, 2.24) is 10.3 Å². The number of rotatable bonds is 5. The summed E-state index contributed by atoms with van der Waals surface area (Å²) < 4.78 is 1.10. The Labute approximate surface area is 114 Å². The number of halogens is 1. The van der Waals surface area contributed by atoms with Gasteiger partial charge in [-0.1, -0.05) is 0 Å². The number of carbonyl (C=O) groups is 1. The van der Waals surface area contributed by atoms with Crippen LogP contribution < -0.4 is 11.3 Å². The third-order valence-corrected chi connectivity index (χ3v) is 4.14. The van der Waals surface area contributed by atoms with Gasteiger partial charge in [-0.05, 0) is 42.9 Å². The molecule has 0 spiro atoms. The number of thiophene rings is 1. The minimum Gasteiger partial charge on any atom is -0.300 e. The fourth-order valence-electron chi connectivity index (χ4n) is 1.70. The highest BCUT2D eigenvalue weighted by Crippen LogP contribution is 2.22. The Bertz CT molecular complexity index is 392. The highest BCUT2D eigenvalue weighted by Gasteiger charge is 2.28. The van der Waals surface area contributed by atoms with Crippen LogP contribution in [0.1, 0.15) is 18.7 Å². The molecule has 3 N–H and O–H groups in total. The van der Waals surface area contributed by atoms with Gasteiger partial charge < -0.3 is 4.90 Å². The Morgan fingerprint density at radius 2 is 2.29 bits per heavy atom. The van der Waals surface area contributed by atoms with Gasteiger partial charge in [0.1, 0.15) is 0 Å². The maximum Gasteiger partial charge on any atom is 0.240 e. The van der Waals surface area contributed by atoms with Crippen LogP contribution in [0.15, 0.2) is 15.9 Å². The number of hydrogen-bond donors (Lipinski definition) is 2. The molecule has 0 fully saturated rings. The van der Waals surface area contributed by atoms with E-state index in [4.69, 9.17) is 5.84 Å². The van der Waals surface area contributed by atoms with Crippen molar-refractivity contribution in [3.05, 3.63) is 20.8 Å². The van der Waals surface area contributed by atoms with Gasteiger partial charge in [-0.15, -0.1) is 11.3 Å². The first-order valence-electron chi connectivity index (χ1n) is 5.27.